The Balaban J connectivity index is 3.17. The van der Waals surface area contributed by atoms with Gasteiger partial charge in [-0.05, 0) is 34.5 Å². The SMILES string of the molecule is CCCNS(=O)(=O)Nc1c(Br)cc(Br)cc1C(=O)O. The summed E-state index contributed by atoms with van der Waals surface area (Å²) in [6, 6.07) is 2.88. The molecular formula is C10H12Br2N2O4S. The van der Waals surface area contributed by atoms with Gasteiger partial charge in [-0.2, -0.15) is 13.1 Å². The van der Waals surface area contributed by atoms with Crippen LogP contribution >= 0.6 is 31.9 Å². The van der Waals surface area contributed by atoms with E-state index in [1.807, 2.05) is 6.92 Å². The number of halogens is 2. The van der Waals surface area contributed by atoms with Crippen molar-refractivity contribution in [2.45, 2.75) is 13.3 Å². The predicted molar refractivity (Wildman–Crippen MR) is 79.6 cm³/mol. The molecule has 0 aliphatic carbocycles. The van der Waals surface area contributed by atoms with E-state index >= 15 is 0 Å². The second kappa shape index (κ2) is 6.69. The number of carboxylic acids is 1. The molecule has 3 N–H and O–H groups in total. The van der Waals surface area contributed by atoms with E-state index in [-0.39, 0.29) is 17.8 Å². The smallest absolute Gasteiger partial charge is 0.337 e. The van der Waals surface area contributed by atoms with Crippen molar-refractivity contribution in [2.24, 2.45) is 0 Å². The van der Waals surface area contributed by atoms with Gasteiger partial charge in [-0.1, -0.05) is 22.9 Å². The van der Waals surface area contributed by atoms with E-state index in [1.165, 1.54) is 6.07 Å². The van der Waals surface area contributed by atoms with Crippen molar-refractivity contribution in [3.05, 3.63) is 26.6 Å². The number of anilines is 1. The molecular weight excluding hydrogens is 404 g/mol. The first-order valence-electron chi connectivity index (χ1n) is 5.26. The normalized spacial score (nSPS) is 11.3. The molecule has 0 spiro atoms. The van der Waals surface area contributed by atoms with Gasteiger partial charge in [0.25, 0.3) is 10.2 Å². The molecule has 1 aromatic rings. The van der Waals surface area contributed by atoms with Gasteiger partial charge in [-0.25, -0.2) is 4.79 Å². The Kier molecular flexibility index (Phi) is 5.78. The fourth-order valence-corrected chi connectivity index (χ4v) is 3.74. The van der Waals surface area contributed by atoms with Gasteiger partial charge in [0.15, 0.2) is 0 Å². The Hall–Kier alpha value is -0.640. The van der Waals surface area contributed by atoms with Crippen molar-refractivity contribution in [3.8, 4) is 0 Å². The van der Waals surface area contributed by atoms with E-state index in [0.717, 1.165) is 0 Å². The molecule has 6 nitrogen and oxygen atoms in total. The van der Waals surface area contributed by atoms with E-state index in [9.17, 15) is 13.2 Å². The van der Waals surface area contributed by atoms with Crippen molar-refractivity contribution in [1.29, 1.82) is 0 Å². The van der Waals surface area contributed by atoms with Gasteiger partial charge in [0, 0.05) is 15.5 Å². The fourth-order valence-electron chi connectivity index (χ4n) is 1.25. The van der Waals surface area contributed by atoms with Crippen LogP contribution in [0.3, 0.4) is 0 Å². The van der Waals surface area contributed by atoms with Crippen LogP contribution in [0.5, 0.6) is 0 Å². The number of nitrogens with one attached hydrogen (secondary N) is 2. The molecule has 19 heavy (non-hydrogen) atoms. The third-order valence-corrected chi connectivity index (χ3v) is 4.20. The second-order valence-electron chi connectivity index (χ2n) is 3.62. The Labute approximate surface area is 128 Å². The zero-order chi connectivity index (χ0) is 14.6. The molecule has 106 valence electrons. The molecule has 1 aromatic carbocycles. The van der Waals surface area contributed by atoms with Crippen LogP contribution in [-0.2, 0) is 10.2 Å². The third kappa shape index (κ3) is 4.75. The summed E-state index contributed by atoms with van der Waals surface area (Å²) < 4.78 is 28.8. The van der Waals surface area contributed by atoms with Gasteiger partial charge in [-0.3, -0.25) is 4.72 Å². The molecule has 0 aliphatic rings. The largest absolute Gasteiger partial charge is 0.478 e. The first-order valence-corrected chi connectivity index (χ1v) is 8.33. The van der Waals surface area contributed by atoms with E-state index in [2.05, 4.69) is 41.3 Å². The minimum Gasteiger partial charge on any atom is -0.478 e. The molecule has 0 saturated heterocycles. The van der Waals surface area contributed by atoms with Crippen LogP contribution in [0.4, 0.5) is 5.69 Å². The van der Waals surface area contributed by atoms with Crippen LogP contribution in [0.1, 0.15) is 23.7 Å². The monoisotopic (exact) mass is 414 g/mol. The van der Waals surface area contributed by atoms with E-state index in [4.69, 9.17) is 5.11 Å². The summed E-state index contributed by atoms with van der Waals surface area (Å²) >= 11 is 6.29. The number of carboxylic acid groups (broad SMARTS) is 1. The summed E-state index contributed by atoms with van der Waals surface area (Å²) in [5.74, 6) is -1.23. The molecule has 1 rings (SSSR count). The van der Waals surface area contributed by atoms with Gasteiger partial charge in [0.05, 0.1) is 11.3 Å². The molecule has 0 unspecified atom stereocenters. The average Bonchev–Trinajstić information content (AvgIpc) is 2.29. The molecule has 0 bridgehead atoms. The van der Waals surface area contributed by atoms with Crippen molar-refractivity contribution >= 4 is 53.7 Å². The summed E-state index contributed by atoms with van der Waals surface area (Å²) in [7, 11) is -3.80. The van der Waals surface area contributed by atoms with Crippen molar-refractivity contribution in [1.82, 2.24) is 4.72 Å². The number of hydrogen-bond acceptors (Lipinski definition) is 3. The Morgan fingerprint density at radius 2 is 2.00 bits per heavy atom. The van der Waals surface area contributed by atoms with Crippen LogP contribution in [0.15, 0.2) is 21.1 Å². The minimum absolute atomic E-state index is 0.0145. The summed E-state index contributed by atoms with van der Waals surface area (Å²) in [4.78, 5) is 11.1. The van der Waals surface area contributed by atoms with Crippen LogP contribution in [0.2, 0.25) is 0 Å². The lowest BCUT2D eigenvalue weighted by Gasteiger charge is -2.13. The first-order chi connectivity index (χ1) is 8.76. The number of hydrogen-bond donors (Lipinski definition) is 3. The Bertz CT molecular complexity index is 589. The molecule has 0 atom stereocenters. The predicted octanol–water partition coefficient (Wildman–Crippen LogP) is 2.57. The second-order valence-corrected chi connectivity index (χ2v) is 6.88. The van der Waals surface area contributed by atoms with Gasteiger partial charge in [0.1, 0.15) is 0 Å². The summed E-state index contributed by atoms with van der Waals surface area (Å²) in [6.45, 7) is 2.09. The average molecular weight is 416 g/mol. The number of benzene rings is 1. The van der Waals surface area contributed by atoms with Gasteiger partial charge >= 0.3 is 5.97 Å². The van der Waals surface area contributed by atoms with Crippen LogP contribution in [0.25, 0.3) is 0 Å². The number of carbonyl (C=O) groups is 1. The van der Waals surface area contributed by atoms with Crippen LogP contribution in [-0.4, -0.2) is 26.0 Å². The summed E-state index contributed by atoms with van der Waals surface area (Å²) in [6.07, 6.45) is 0.633. The molecule has 0 saturated carbocycles. The van der Waals surface area contributed by atoms with Crippen molar-refractivity contribution in [3.63, 3.8) is 0 Å². The maximum atomic E-state index is 11.7. The summed E-state index contributed by atoms with van der Waals surface area (Å²) in [5.41, 5.74) is -0.164. The highest BCUT2D eigenvalue weighted by Gasteiger charge is 2.19. The molecule has 0 amide bonds. The maximum Gasteiger partial charge on any atom is 0.337 e. The lowest BCUT2D eigenvalue weighted by Crippen LogP contribution is -2.31. The maximum absolute atomic E-state index is 11.7. The molecule has 0 aliphatic heterocycles. The van der Waals surface area contributed by atoms with Gasteiger partial charge in [-0.15, -0.1) is 0 Å². The Morgan fingerprint density at radius 3 is 2.53 bits per heavy atom. The summed E-state index contributed by atoms with van der Waals surface area (Å²) in [5, 5.41) is 9.09. The minimum atomic E-state index is -3.80. The van der Waals surface area contributed by atoms with Crippen LogP contribution in [0, 0.1) is 0 Å². The zero-order valence-corrected chi connectivity index (χ0v) is 13.9. The van der Waals surface area contributed by atoms with Crippen molar-refractivity contribution < 1.29 is 18.3 Å². The lowest BCUT2D eigenvalue weighted by molar-refractivity contribution is 0.0698. The van der Waals surface area contributed by atoms with Crippen LogP contribution < -0.4 is 9.44 Å². The number of aromatic carboxylic acids is 1. The van der Waals surface area contributed by atoms with Crippen molar-refractivity contribution in [2.75, 3.05) is 11.3 Å². The number of rotatable bonds is 6. The molecule has 0 radical (unpaired) electrons. The molecule has 0 heterocycles. The zero-order valence-electron chi connectivity index (χ0n) is 9.91. The topological polar surface area (TPSA) is 95.5 Å². The fraction of sp³-hybridized carbons (Fsp3) is 0.300. The third-order valence-electron chi connectivity index (χ3n) is 2.06. The van der Waals surface area contributed by atoms with Gasteiger partial charge in [0.2, 0.25) is 0 Å². The highest BCUT2D eigenvalue weighted by Crippen LogP contribution is 2.31. The Morgan fingerprint density at radius 1 is 1.37 bits per heavy atom. The van der Waals surface area contributed by atoms with Gasteiger partial charge < -0.3 is 5.11 Å². The molecule has 0 aromatic heterocycles. The quantitative estimate of drug-likeness (QED) is 0.665. The highest BCUT2D eigenvalue weighted by atomic mass is 79.9. The lowest BCUT2D eigenvalue weighted by atomic mass is 10.2. The highest BCUT2D eigenvalue weighted by molar-refractivity contribution is 9.11. The van der Waals surface area contributed by atoms with E-state index in [1.54, 1.807) is 6.07 Å². The molecule has 0 fully saturated rings. The molecule has 9 heteroatoms. The standard InChI is InChI=1S/C10H12Br2N2O4S/c1-2-3-13-19(17,18)14-9-7(10(15)16)4-6(11)5-8(9)12/h4-5,13-14H,2-3H2,1H3,(H,15,16). The first kappa shape index (κ1) is 16.4. The van der Waals surface area contributed by atoms with E-state index in [0.29, 0.717) is 15.4 Å². The van der Waals surface area contributed by atoms with E-state index < -0.39 is 16.2 Å².